The second-order valence-corrected chi connectivity index (χ2v) is 32.6. The topological polar surface area (TPSA) is 488 Å². The van der Waals surface area contributed by atoms with E-state index in [-0.39, 0.29) is 122 Å². The molecular weight excluding hydrogens is 1580 g/mol. The highest BCUT2D eigenvalue weighted by atomic mass is 32.1. The van der Waals surface area contributed by atoms with E-state index in [1.54, 1.807) is 66.8 Å². The van der Waals surface area contributed by atoms with Gasteiger partial charge in [0.1, 0.15) is 41.1 Å². The van der Waals surface area contributed by atoms with Gasteiger partial charge in [-0.1, -0.05) is 91.6 Å². The predicted octanol–water partition coefficient (Wildman–Crippen LogP) is 3.25. The molecule has 11 rings (SSSR count). The number of amides is 5. The van der Waals surface area contributed by atoms with Crippen LogP contribution in [0.15, 0.2) is 150 Å². The van der Waals surface area contributed by atoms with Crippen LogP contribution in [0.4, 0.5) is 0 Å². The number of ether oxygens (including phenoxy) is 1. The summed E-state index contributed by atoms with van der Waals surface area (Å²) in [7, 11) is -5.77. The highest BCUT2D eigenvalue weighted by Crippen LogP contribution is 2.37. The summed E-state index contributed by atoms with van der Waals surface area (Å²) in [6, 6.07) is 19.6. The van der Waals surface area contributed by atoms with Gasteiger partial charge < -0.3 is 91.2 Å². The lowest BCUT2D eigenvalue weighted by Gasteiger charge is -2.33. The molecule has 1 fully saturated rings. The number of ketones is 5. The Kier molecular flexibility index (Phi) is 42.3. The minimum Gasteiger partial charge on any atom is -0.494 e. The van der Waals surface area contributed by atoms with Crippen molar-refractivity contribution in [1.82, 2.24) is 26.6 Å². The number of unbranched alkanes of at least 4 members (excludes halogenated alkanes) is 1. The van der Waals surface area contributed by atoms with E-state index in [0.29, 0.717) is 62.9 Å². The third kappa shape index (κ3) is 37.2. The largest absolute Gasteiger partial charge is 0.494 e. The Bertz CT molecular complexity index is 4220. The summed E-state index contributed by atoms with van der Waals surface area (Å²) in [5.74, 6) is -3.16. The lowest BCUT2D eigenvalue weighted by Crippen LogP contribution is -2.52. The van der Waals surface area contributed by atoms with Gasteiger partial charge in [-0.2, -0.15) is 0 Å². The van der Waals surface area contributed by atoms with E-state index in [2.05, 4.69) is 26.6 Å². The number of hydrogen-bond donors (Lipinski definition) is 14. The Morgan fingerprint density at radius 2 is 0.975 bits per heavy atom. The molecule has 5 aliphatic heterocycles. The highest BCUT2D eigenvalue weighted by molar-refractivity contribution is 7.10. The Hall–Kier alpha value is -9.14. The van der Waals surface area contributed by atoms with Crippen LogP contribution in [-0.2, 0) is 96.9 Å². The first-order valence-corrected chi connectivity index (χ1v) is 42.3. The van der Waals surface area contributed by atoms with Crippen molar-refractivity contribution in [1.29, 1.82) is 0 Å². The minimum absolute atomic E-state index is 0.00305. The van der Waals surface area contributed by atoms with Crippen LogP contribution in [0.25, 0.3) is 0 Å². The molecule has 1 unspecified atom stereocenters. The van der Waals surface area contributed by atoms with E-state index in [0.717, 1.165) is 89.0 Å². The summed E-state index contributed by atoms with van der Waals surface area (Å²) in [6.45, 7) is 8.65. The first kappa shape index (κ1) is 99.0. The maximum absolute atomic E-state index is 12.4. The molecule has 0 saturated heterocycles. The highest BCUT2D eigenvalue weighted by Gasteiger charge is 2.41. The van der Waals surface area contributed by atoms with Gasteiger partial charge in [0, 0.05) is 82.2 Å². The number of pyridine rings is 2. The molecule has 3 aromatic heterocycles. The van der Waals surface area contributed by atoms with Crippen LogP contribution in [-0.4, -0.2) is 208 Å². The van der Waals surface area contributed by atoms with Crippen molar-refractivity contribution >= 4 is 105 Å². The van der Waals surface area contributed by atoms with Crippen LogP contribution < -0.4 is 52.2 Å². The van der Waals surface area contributed by atoms with Gasteiger partial charge in [0.15, 0.2) is 0 Å². The van der Waals surface area contributed by atoms with Crippen molar-refractivity contribution in [2.45, 2.75) is 261 Å². The first-order valence-electron chi connectivity index (χ1n) is 41.4. The second kappa shape index (κ2) is 51.7. The van der Waals surface area contributed by atoms with E-state index < -0.39 is 95.3 Å². The fourth-order valence-electron chi connectivity index (χ4n) is 14.6. The smallest absolute Gasteiger partial charge is 0.478 e. The Morgan fingerprint density at radius 1 is 0.504 bits per heavy atom. The lowest BCUT2D eigenvalue weighted by atomic mass is 9.75. The van der Waals surface area contributed by atoms with Gasteiger partial charge in [0.05, 0.1) is 86.1 Å². The molecule has 10 atom stereocenters. The Balaban J connectivity index is 0.000000209. The van der Waals surface area contributed by atoms with E-state index in [4.69, 9.17) is 39.5 Å². The van der Waals surface area contributed by atoms with Crippen LogP contribution in [0.1, 0.15) is 191 Å². The van der Waals surface area contributed by atoms with Crippen molar-refractivity contribution in [3.8, 4) is 5.75 Å². The summed E-state index contributed by atoms with van der Waals surface area (Å²) in [5.41, 5.74) is 15.6. The average molecular weight is 1700 g/mol. The molecule has 0 bridgehead atoms. The van der Waals surface area contributed by atoms with Gasteiger partial charge in [-0.15, -0.1) is 11.3 Å². The number of nitrogens with one attached hydrogen (secondary N) is 5. The second-order valence-electron chi connectivity index (χ2n) is 31.5. The molecule has 16 N–H and O–H groups in total. The standard InChI is InChI=1S/C20H29BN2O5.C17H22BNO4S.C16H27BN2O4.2C15H19BN2O5/c1-15(24)12-18-8-5-9-19(21(26)28-18)23-20(25)14-16-6-4-7-17(13-16)27-11-3-2-10-22;1-11(20)8-15-14-6-2-4-12(14)9-16(18(22)23-15)19-17(21)10-13-5-3-7-24-13;1-12(20)10-13-6-5-7-14(17(22)23-13)19-15(21)11-16(18)8-3-2-4-9-16;1-11(19)8-13-5-2-6-14(16(21)23-13)17-15(20)9-12-4-3-7-18(22)10-12;1-11(19)9-13-6-4-7-14(16(21)23-13)17-15(20)10-12-5-2-3-8-18(12)22/h4-8,13,18-19,26H,2-3,9-12,14,22H2,1H3,(H,23,25);3,5,7,15-16,22H,2,4,6,8-10H2,1H3,(H,19,21);5-6,13-14,22H,2-4,7-11,18H2,1H3,(H,19,21);2-5,7,10,13-14,21H,6,8-9H2,1H3,(H-,17,20,22);2-6,8,13-14,21H,7,9-10H2,1H3,(H-,17,20,22)/p+2/t18-,19+;15?,16-;3*13-,14+/m10111/s1. The molecule has 4 aromatic rings. The number of nitrogens with zero attached hydrogens (tertiary/aromatic N) is 2. The molecule has 1 aromatic carbocycles. The summed E-state index contributed by atoms with van der Waals surface area (Å²) in [6.07, 6.45) is 30.2. The van der Waals surface area contributed by atoms with Crippen LogP contribution in [0.2, 0.25) is 0 Å². The summed E-state index contributed by atoms with van der Waals surface area (Å²) in [4.78, 5) is 118. The zero-order valence-corrected chi connectivity index (χ0v) is 70.5. The number of thiophene rings is 1. The van der Waals surface area contributed by atoms with E-state index in [1.807, 2.05) is 53.9 Å². The summed E-state index contributed by atoms with van der Waals surface area (Å²) in [5, 5.41) is 85.6. The van der Waals surface area contributed by atoms with Crippen molar-refractivity contribution < 1.29 is 121 Å². The maximum Gasteiger partial charge on any atom is 0.478 e. The minimum atomic E-state index is -1.20. The van der Waals surface area contributed by atoms with Crippen molar-refractivity contribution in [2.75, 3.05) is 13.2 Å². The predicted molar refractivity (Wildman–Crippen MR) is 453 cm³/mol. The molecule has 5 amide bonds. The average Bonchev–Trinajstić information content (AvgIpc) is 1.68. The zero-order valence-electron chi connectivity index (χ0n) is 69.7. The number of rotatable bonds is 30. The molecule has 32 nitrogen and oxygen atoms in total. The molecule has 7 aliphatic rings. The Labute approximate surface area is 712 Å². The third-order valence-corrected chi connectivity index (χ3v) is 21.4. The van der Waals surface area contributed by atoms with Gasteiger partial charge in [0.25, 0.3) is 0 Å². The number of carbonyl (C=O) groups is 10. The molecule has 1 saturated carbocycles. The lowest BCUT2D eigenvalue weighted by molar-refractivity contribution is -0.909. The molecule has 0 spiro atoms. The maximum atomic E-state index is 12.4. The van der Waals surface area contributed by atoms with Crippen LogP contribution in [0.5, 0.6) is 5.75 Å². The third-order valence-electron chi connectivity index (χ3n) is 20.5. The van der Waals surface area contributed by atoms with E-state index >= 15 is 0 Å². The molecule has 121 heavy (non-hydrogen) atoms. The number of benzene rings is 1. The number of carbonyl (C=O) groups excluding carboxylic acids is 10. The summed E-state index contributed by atoms with van der Waals surface area (Å²) < 4.78 is 34.9. The van der Waals surface area contributed by atoms with Crippen molar-refractivity contribution in [3.63, 3.8) is 0 Å². The number of hydrogen-bond acceptors (Lipinski definition) is 26. The van der Waals surface area contributed by atoms with Crippen LogP contribution in [0, 0.1) is 0 Å². The fraction of sp³-hybridized carbons (Fsp3) is 0.518. The molecule has 2 aliphatic carbocycles. The number of Topliss-reactive ketones (excluding diaryl/α,β-unsaturated/α-hetero) is 5. The fourth-order valence-corrected chi connectivity index (χ4v) is 15.3. The van der Waals surface area contributed by atoms with Crippen LogP contribution >= 0.6 is 11.3 Å². The van der Waals surface area contributed by atoms with E-state index in [9.17, 15) is 83.5 Å². The number of nitrogens with two attached hydrogens (primary N) is 2. The van der Waals surface area contributed by atoms with Crippen LogP contribution in [0.3, 0.4) is 0 Å². The Morgan fingerprint density at radius 3 is 1.45 bits per heavy atom. The van der Waals surface area contributed by atoms with Crippen molar-refractivity contribution in [3.05, 3.63) is 172 Å². The molecular formula is C83H118B5N9O23S+2. The molecule has 38 heteroatoms. The van der Waals surface area contributed by atoms with Gasteiger partial charge in [-0.25, -0.2) is 0 Å². The SMILES string of the molecule is CC(=O)CC1OB(O)[C@@H](NC(=O)Cc2cccs2)CC2=C1CCC2.CC(=O)C[C@H]1C=CC[C@H](NC(=O)CC2(N)CCCCC2)B(O)O1.CC(=O)C[C@H]1C=CC[C@H](NC(=O)Cc2ccc[n+](O)c2)B(O)O1.CC(=O)C[C@H]1C=CC[C@H](NC(=O)Cc2cccc(OCCCCN)c2)B(O)O1.CC(=O)C[C@H]1C=CC[C@H](NC(=O)Cc2cccc[n+]2O)B(O)O1. The monoisotopic (exact) mass is 1700 g/mol. The van der Waals surface area contributed by atoms with Gasteiger partial charge in [-0.05, 0) is 165 Å². The molecule has 8 heterocycles. The zero-order chi connectivity index (χ0) is 88.0. The van der Waals surface area contributed by atoms with Gasteiger partial charge >= 0.3 is 35.6 Å². The first-order chi connectivity index (χ1) is 57.8. The number of aromatic nitrogens is 2. The van der Waals surface area contributed by atoms with Gasteiger partial charge in [-0.3, -0.25) is 58.4 Å². The molecule has 0 radical (unpaired) electrons. The van der Waals surface area contributed by atoms with Gasteiger partial charge in [0.2, 0.25) is 53.8 Å². The van der Waals surface area contributed by atoms with Crippen molar-refractivity contribution in [2.24, 2.45) is 11.5 Å². The normalized spacial score (nSPS) is 22.3. The van der Waals surface area contributed by atoms with E-state index in [1.165, 1.54) is 76.5 Å². The quantitative estimate of drug-likeness (QED) is 0.0117. The molecule has 652 valence electrons. The summed E-state index contributed by atoms with van der Waals surface area (Å²) >= 11 is 1.54.